The van der Waals surface area contributed by atoms with E-state index in [1.165, 1.54) is 0 Å². The molecule has 116 valence electrons. The van der Waals surface area contributed by atoms with E-state index in [1.807, 2.05) is 31.2 Å². The first kappa shape index (κ1) is 15.2. The highest BCUT2D eigenvalue weighted by molar-refractivity contribution is 9.10. The first-order valence-corrected chi connectivity index (χ1v) is 8.00. The number of hydrogen-bond acceptors (Lipinski definition) is 4. The van der Waals surface area contributed by atoms with Crippen molar-refractivity contribution in [3.05, 3.63) is 47.3 Å². The summed E-state index contributed by atoms with van der Waals surface area (Å²) in [6, 6.07) is 7.80. The molecule has 2 aromatic rings. The van der Waals surface area contributed by atoms with E-state index in [4.69, 9.17) is 9.47 Å². The van der Waals surface area contributed by atoms with Crippen molar-refractivity contribution >= 4 is 21.7 Å². The van der Waals surface area contributed by atoms with Gasteiger partial charge >= 0.3 is 0 Å². The van der Waals surface area contributed by atoms with Gasteiger partial charge in [-0.15, -0.1) is 0 Å². The van der Waals surface area contributed by atoms with Crippen molar-refractivity contribution < 1.29 is 14.3 Å². The number of benzene rings is 1. The van der Waals surface area contributed by atoms with Crippen molar-refractivity contribution in [2.24, 2.45) is 0 Å². The lowest BCUT2D eigenvalue weighted by Gasteiger charge is -2.09. The van der Waals surface area contributed by atoms with Crippen LogP contribution in [-0.2, 0) is 11.3 Å². The molecule has 0 radical (unpaired) electrons. The Morgan fingerprint density at radius 3 is 2.82 bits per heavy atom. The summed E-state index contributed by atoms with van der Waals surface area (Å²) in [4.78, 5) is 12.0. The van der Waals surface area contributed by atoms with E-state index in [9.17, 15) is 4.79 Å². The maximum Gasteiger partial charge on any atom is 0.182 e. The summed E-state index contributed by atoms with van der Waals surface area (Å²) in [5, 5.41) is 4.53. The number of fused-ring (bicyclic) bond motifs is 1. The standard InChI is InChI=1S/C16H17BrN2O3/c1-10-15-13(16(20)14(17)9-22-10)8-19(18-15)7-11-3-5-12(21-2)6-4-11/h3-6,8,10,14H,7,9H2,1-2H3. The molecule has 0 aliphatic carbocycles. The Morgan fingerprint density at radius 2 is 2.14 bits per heavy atom. The summed E-state index contributed by atoms with van der Waals surface area (Å²) in [5.41, 5.74) is 2.44. The fraction of sp³-hybridized carbons (Fsp3) is 0.375. The molecule has 1 aliphatic rings. The van der Waals surface area contributed by atoms with Gasteiger partial charge in [0.15, 0.2) is 5.78 Å². The normalized spacial score (nSPS) is 21.3. The first-order chi connectivity index (χ1) is 10.6. The summed E-state index contributed by atoms with van der Waals surface area (Å²) < 4.78 is 12.6. The number of Topliss-reactive ketones (excluding diaryl/α,β-unsaturated/α-hetero) is 1. The highest BCUT2D eigenvalue weighted by atomic mass is 79.9. The summed E-state index contributed by atoms with van der Waals surface area (Å²) in [7, 11) is 1.64. The average Bonchev–Trinajstić information content (AvgIpc) is 2.92. The smallest absolute Gasteiger partial charge is 0.182 e. The molecular formula is C16H17BrN2O3. The topological polar surface area (TPSA) is 53.4 Å². The summed E-state index contributed by atoms with van der Waals surface area (Å²) in [5.74, 6) is 0.847. The number of aromatic nitrogens is 2. The lowest BCUT2D eigenvalue weighted by Crippen LogP contribution is -2.17. The van der Waals surface area contributed by atoms with E-state index in [0.717, 1.165) is 11.3 Å². The number of nitrogens with zero attached hydrogens (tertiary/aromatic N) is 2. The van der Waals surface area contributed by atoms with Gasteiger partial charge < -0.3 is 9.47 Å². The molecule has 1 aliphatic heterocycles. The van der Waals surface area contributed by atoms with Crippen molar-refractivity contribution in [3.8, 4) is 5.75 Å². The van der Waals surface area contributed by atoms with Crippen molar-refractivity contribution in [1.82, 2.24) is 9.78 Å². The number of ether oxygens (including phenoxy) is 2. The van der Waals surface area contributed by atoms with E-state index in [0.29, 0.717) is 24.4 Å². The van der Waals surface area contributed by atoms with Gasteiger partial charge in [0, 0.05) is 6.20 Å². The predicted molar refractivity (Wildman–Crippen MR) is 85.7 cm³/mol. The Hall–Kier alpha value is -1.66. The molecule has 2 unspecified atom stereocenters. The fourth-order valence-corrected chi connectivity index (χ4v) is 2.88. The van der Waals surface area contributed by atoms with Crippen LogP contribution in [0.4, 0.5) is 0 Å². The number of rotatable bonds is 3. The van der Waals surface area contributed by atoms with Gasteiger partial charge in [0.25, 0.3) is 0 Å². The number of ketones is 1. The molecule has 0 saturated carbocycles. The number of alkyl halides is 1. The quantitative estimate of drug-likeness (QED) is 0.785. The SMILES string of the molecule is COc1ccc(Cn2cc3c(n2)C(C)OCC(Br)C3=O)cc1. The fourth-order valence-electron chi connectivity index (χ4n) is 2.48. The average molecular weight is 365 g/mol. The van der Waals surface area contributed by atoms with Gasteiger partial charge in [0.1, 0.15) is 16.3 Å². The Morgan fingerprint density at radius 1 is 1.41 bits per heavy atom. The van der Waals surface area contributed by atoms with E-state index >= 15 is 0 Å². The third kappa shape index (κ3) is 2.94. The molecule has 1 aromatic heterocycles. The van der Waals surface area contributed by atoms with Gasteiger partial charge in [-0.1, -0.05) is 28.1 Å². The molecule has 2 heterocycles. The number of halogens is 1. The third-order valence-electron chi connectivity index (χ3n) is 3.72. The van der Waals surface area contributed by atoms with Crippen molar-refractivity contribution in [2.75, 3.05) is 13.7 Å². The van der Waals surface area contributed by atoms with E-state index in [-0.39, 0.29) is 16.7 Å². The zero-order chi connectivity index (χ0) is 15.7. The zero-order valence-electron chi connectivity index (χ0n) is 12.5. The maximum absolute atomic E-state index is 12.3. The molecular weight excluding hydrogens is 348 g/mol. The van der Waals surface area contributed by atoms with Crippen LogP contribution < -0.4 is 4.74 Å². The van der Waals surface area contributed by atoms with E-state index in [2.05, 4.69) is 21.0 Å². The second-order valence-electron chi connectivity index (χ2n) is 5.28. The molecule has 0 N–H and O–H groups in total. The molecule has 6 heteroatoms. The van der Waals surface area contributed by atoms with Gasteiger partial charge in [0.05, 0.1) is 31.9 Å². The Labute approximate surface area is 137 Å². The summed E-state index contributed by atoms with van der Waals surface area (Å²) in [6.45, 7) is 2.89. The second-order valence-corrected chi connectivity index (χ2v) is 6.39. The lowest BCUT2D eigenvalue weighted by atomic mass is 10.1. The molecule has 22 heavy (non-hydrogen) atoms. The molecule has 3 rings (SSSR count). The number of carbonyl (C=O) groups is 1. The van der Waals surface area contributed by atoms with Crippen molar-refractivity contribution in [3.63, 3.8) is 0 Å². The minimum Gasteiger partial charge on any atom is -0.497 e. The van der Waals surface area contributed by atoms with Crippen LogP contribution >= 0.6 is 15.9 Å². The van der Waals surface area contributed by atoms with Crippen LogP contribution in [0.3, 0.4) is 0 Å². The molecule has 2 atom stereocenters. The third-order valence-corrected chi connectivity index (χ3v) is 4.40. The lowest BCUT2D eigenvalue weighted by molar-refractivity contribution is 0.0658. The molecule has 5 nitrogen and oxygen atoms in total. The van der Waals surface area contributed by atoms with Gasteiger partial charge in [-0.05, 0) is 24.6 Å². The van der Waals surface area contributed by atoms with E-state index in [1.54, 1.807) is 18.0 Å². The number of methoxy groups -OCH3 is 1. The first-order valence-electron chi connectivity index (χ1n) is 7.08. The highest BCUT2D eigenvalue weighted by Gasteiger charge is 2.30. The molecule has 1 aromatic carbocycles. The van der Waals surface area contributed by atoms with Crippen LogP contribution in [0.5, 0.6) is 5.75 Å². The zero-order valence-corrected chi connectivity index (χ0v) is 14.0. The van der Waals surface area contributed by atoms with Crippen molar-refractivity contribution in [2.45, 2.75) is 24.4 Å². The molecule has 0 saturated heterocycles. The van der Waals surface area contributed by atoms with Gasteiger partial charge in [-0.2, -0.15) is 5.10 Å². The summed E-state index contributed by atoms with van der Waals surface area (Å²) in [6.07, 6.45) is 1.63. The van der Waals surface area contributed by atoms with Gasteiger partial charge in [-0.3, -0.25) is 9.48 Å². The molecule has 0 amide bonds. The summed E-state index contributed by atoms with van der Waals surface area (Å²) >= 11 is 3.37. The number of carbonyl (C=O) groups excluding carboxylic acids is 1. The van der Waals surface area contributed by atoms with Crippen LogP contribution in [0.2, 0.25) is 0 Å². The van der Waals surface area contributed by atoms with Crippen LogP contribution in [0.25, 0.3) is 0 Å². The van der Waals surface area contributed by atoms with Crippen LogP contribution in [0.1, 0.15) is 34.6 Å². The van der Waals surface area contributed by atoms with Gasteiger partial charge in [0.2, 0.25) is 0 Å². The monoisotopic (exact) mass is 364 g/mol. The van der Waals surface area contributed by atoms with E-state index < -0.39 is 0 Å². The predicted octanol–water partition coefficient (Wildman–Crippen LogP) is 2.98. The minimum atomic E-state index is -0.310. The van der Waals surface area contributed by atoms with Crippen LogP contribution in [0, 0.1) is 0 Å². The minimum absolute atomic E-state index is 0.0281. The number of hydrogen-bond donors (Lipinski definition) is 0. The van der Waals surface area contributed by atoms with Crippen LogP contribution in [0.15, 0.2) is 30.5 Å². The maximum atomic E-state index is 12.3. The van der Waals surface area contributed by atoms with Gasteiger partial charge in [-0.25, -0.2) is 0 Å². The largest absolute Gasteiger partial charge is 0.497 e. The molecule has 0 fully saturated rings. The Bertz CT molecular complexity index is 681. The van der Waals surface area contributed by atoms with Crippen molar-refractivity contribution in [1.29, 1.82) is 0 Å². The van der Waals surface area contributed by atoms with Crippen LogP contribution in [-0.4, -0.2) is 34.1 Å². The molecule has 0 spiro atoms. The highest BCUT2D eigenvalue weighted by Crippen LogP contribution is 2.27. The Balaban J connectivity index is 1.87. The Kier molecular flexibility index (Phi) is 4.31. The molecule has 0 bridgehead atoms. The second kappa shape index (κ2) is 6.22.